The second-order valence-electron chi connectivity index (χ2n) is 5.78. The fraction of sp³-hybridized carbons (Fsp3) is 0.550. The Morgan fingerprint density at radius 2 is 1.61 bits per heavy atom. The zero-order valence-electron chi connectivity index (χ0n) is 14.2. The molecule has 0 amide bonds. The fourth-order valence-electron chi connectivity index (χ4n) is 2.35. The molecule has 23 heavy (non-hydrogen) atoms. The van der Waals surface area contributed by atoms with Crippen molar-refractivity contribution >= 4 is 5.97 Å². The van der Waals surface area contributed by atoms with Crippen LogP contribution in [0.5, 0.6) is 0 Å². The molecule has 0 saturated heterocycles. The summed E-state index contributed by atoms with van der Waals surface area (Å²) in [5.41, 5.74) is 0.689. The van der Waals surface area contributed by atoms with E-state index in [-0.39, 0.29) is 0 Å². The number of cyclic esters (lactones) is 1. The molecule has 0 fully saturated rings. The Hall–Kier alpha value is -1.61. The third kappa shape index (κ3) is 9.90. The number of unbranched alkanes of at least 4 members (excludes halogenated alkanes) is 4. The van der Waals surface area contributed by atoms with Crippen molar-refractivity contribution in [3.05, 3.63) is 48.1 Å². The molecule has 1 heterocycles. The first-order valence-corrected chi connectivity index (χ1v) is 8.78. The average Bonchev–Trinajstić information content (AvgIpc) is 2.85. The summed E-state index contributed by atoms with van der Waals surface area (Å²) in [5, 5.41) is 9.42. The minimum Gasteiger partial charge on any atom is -0.429 e. The van der Waals surface area contributed by atoms with Gasteiger partial charge in [-0.1, -0.05) is 56.2 Å². The average molecular weight is 318 g/mol. The highest BCUT2D eigenvalue weighted by atomic mass is 16.6. The topological polar surface area (TPSA) is 46.5 Å². The Morgan fingerprint density at radius 3 is 2.17 bits per heavy atom. The number of aliphatic hydroxyl groups is 1. The number of esters is 1. The lowest BCUT2D eigenvalue weighted by atomic mass is 10.1. The second kappa shape index (κ2) is 12.9. The van der Waals surface area contributed by atoms with Gasteiger partial charge >= 0.3 is 5.97 Å². The van der Waals surface area contributed by atoms with Gasteiger partial charge in [-0.05, 0) is 44.9 Å². The Kier molecular flexibility index (Phi) is 10.9. The molecule has 1 unspecified atom stereocenters. The molecule has 0 spiro atoms. The maximum Gasteiger partial charge on any atom is 0.333 e. The quantitative estimate of drug-likeness (QED) is 0.313. The van der Waals surface area contributed by atoms with E-state index in [1.807, 2.05) is 0 Å². The molecule has 0 aromatic carbocycles. The van der Waals surface area contributed by atoms with Gasteiger partial charge in [-0.15, -0.1) is 0 Å². The van der Waals surface area contributed by atoms with E-state index < -0.39 is 12.3 Å². The van der Waals surface area contributed by atoms with Crippen LogP contribution in [0.2, 0.25) is 0 Å². The zero-order valence-corrected chi connectivity index (χ0v) is 14.2. The minimum atomic E-state index is -1.02. The van der Waals surface area contributed by atoms with Crippen molar-refractivity contribution in [1.29, 1.82) is 0 Å². The predicted octanol–water partition coefficient (Wildman–Crippen LogP) is 4.99. The summed E-state index contributed by atoms with van der Waals surface area (Å²) < 4.78 is 4.63. The molecule has 1 atom stereocenters. The van der Waals surface area contributed by atoms with Crippen molar-refractivity contribution in [3.63, 3.8) is 0 Å². The van der Waals surface area contributed by atoms with Crippen LogP contribution in [0, 0.1) is 0 Å². The lowest BCUT2D eigenvalue weighted by Gasteiger charge is -2.05. The summed E-state index contributed by atoms with van der Waals surface area (Å²) in [6.07, 6.45) is 23.2. The highest BCUT2D eigenvalue weighted by molar-refractivity contribution is 5.85. The Bertz CT molecular complexity index is 444. The van der Waals surface area contributed by atoms with Crippen LogP contribution < -0.4 is 0 Å². The van der Waals surface area contributed by atoms with Crippen molar-refractivity contribution in [1.82, 2.24) is 0 Å². The first-order chi connectivity index (χ1) is 11.2. The van der Waals surface area contributed by atoms with Gasteiger partial charge in [0.15, 0.2) is 0 Å². The van der Waals surface area contributed by atoms with Crippen LogP contribution >= 0.6 is 0 Å². The van der Waals surface area contributed by atoms with Gasteiger partial charge in [-0.25, -0.2) is 4.79 Å². The number of hydrogen-bond acceptors (Lipinski definition) is 3. The van der Waals surface area contributed by atoms with Gasteiger partial charge in [-0.3, -0.25) is 0 Å². The second-order valence-corrected chi connectivity index (χ2v) is 5.78. The number of ether oxygens (including phenoxy) is 1. The molecule has 0 radical (unpaired) electrons. The van der Waals surface area contributed by atoms with Crippen LogP contribution in [0.15, 0.2) is 48.1 Å². The molecule has 1 rings (SSSR count). The van der Waals surface area contributed by atoms with E-state index in [0.717, 1.165) is 25.7 Å². The summed E-state index contributed by atoms with van der Waals surface area (Å²) in [6, 6.07) is 0. The van der Waals surface area contributed by atoms with Crippen LogP contribution in [-0.2, 0) is 9.53 Å². The maximum atomic E-state index is 10.9. The van der Waals surface area contributed by atoms with Crippen molar-refractivity contribution < 1.29 is 14.6 Å². The summed E-state index contributed by atoms with van der Waals surface area (Å²) >= 11 is 0. The van der Waals surface area contributed by atoms with Crippen molar-refractivity contribution in [3.8, 4) is 0 Å². The van der Waals surface area contributed by atoms with Gasteiger partial charge in [0.25, 0.3) is 0 Å². The van der Waals surface area contributed by atoms with Gasteiger partial charge < -0.3 is 9.84 Å². The predicted molar refractivity (Wildman–Crippen MR) is 94.8 cm³/mol. The fourth-order valence-corrected chi connectivity index (χ4v) is 2.35. The first kappa shape index (κ1) is 19.4. The normalized spacial score (nSPS) is 18.4. The van der Waals surface area contributed by atoms with Crippen LogP contribution in [0.25, 0.3) is 0 Å². The molecule has 0 aromatic rings. The monoisotopic (exact) mass is 318 g/mol. The van der Waals surface area contributed by atoms with Crippen LogP contribution in [-0.4, -0.2) is 17.4 Å². The van der Waals surface area contributed by atoms with Gasteiger partial charge in [0.2, 0.25) is 6.29 Å². The molecule has 128 valence electrons. The lowest BCUT2D eigenvalue weighted by Crippen LogP contribution is -2.09. The molecule has 1 aliphatic heterocycles. The number of aliphatic hydroxyl groups excluding tert-OH is 1. The standard InChI is InChI=1S/C20H30O3/c1-2-3-4-5-6-7-8-9-10-11-12-13-14-15-16-18-17-19(21)23-20(18)22/h6-7,9-10,12-13,17,20,22H,2-5,8,11,14-16H2,1H3. The van der Waals surface area contributed by atoms with Crippen molar-refractivity contribution in [2.45, 2.75) is 71.0 Å². The summed E-state index contributed by atoms with van der Waals surface area (Å²) in [4.78, 5) is 10.9. The molecule has 1 N–H and O–H groups in total. The zero-order chi connectivity index (χ0) is 16.8. The van der Waals surface area contributed by atoms with E-state index in [4.69, 9.17) is 0 Å². The SMILES string of the molecule is CCCCCC=CCC=CCC=CCCCC1=CC(=O)OC1O. The molecule has 0 bridgehead atoms. The van der Waals surface area contributed by atoms with Crippen LogP contribution in [0.4, 0.5) is 0 Å². The van der Waals surface area contributed by atoms with E-state index in [1.54, 1.807) is 0 Å². The molecule has 0 saturated carbocycles. The molecule has 3 heteroatoms. The number of allylic oxidation sites excluding steroid dienone is 6. The summed E-state index contributed by atoms with van der Waals surface area (Å²) in [6.45, 7) is 2.23. The third-order valence-corrected chi connectivity index (χ3v) is 3.70. The Morgan fingerprint density at radius 1 is 1.00 bits per heavy atom. The van der Waals surface area contributed by atoms with E-state index in [1.165, 1.54) is 31.8 Å². The molecular weight excluding hydrogens is 288 g/mol. The minimum absolute atomic E-state index is 0.437. The lowest BCUT2D eigenvalue weighted by molar-refractivity contribution is -0.151. The highest BCUT2D eigenvalue weighted by Gasteiger charge is 2.22. The summed E-state index contributed by atoms with van der Waals surface area (Å²) in [7, 11) is 0. The van der Waals surface area contributed by atoms with Crippen LogP contribution in [0.1, 0.15) is 64.7 Å². The van der Waals surface area contributed by atoms with E-state index >= 15 is 0 Å². The molecule has 0 aliphatic carbocycles. The maximum absolute atomic E-state index is 10.9. The van der Waals surface area contributed by atoms with Gasteiger partial charge in [0.05, 0.1) is 0 Å². The molecular formula is C20H30O3. The van der Waals surface area contributed by atoms with Gasteiger partial charge in [0.1, 0.15) is 0 Å². The number of rotatable bonds is 12. The van der Waals surface area contributed by atoms with E-state index in [2.05, 4.69) is 48.1 Å². The first-order valence-electron chi connectivity index (χ1n) is 8.78. The summed E-state index contributed by atoms with van der Waals surface area (Å²) in [5.74, 6) is -0.437. The molecule has 1 aliphatic rings. The molecule has 0 aromatic heterocycles. The van der Waals surface area contributed by atoms with Gasteiger partial charge in [-0.2, -0.15) is 0 Å². The van der Waals surface area contributed by atoms with Crippen molar-refractivity contribution in [2.24, 2.45) is 0 Å². The van der Waals surface area contributed by atoms with Gasteiger partial charge in [0, 0.05) is 11.6 Å². The number of carbonyl (C=O) groups is 1. The smallest absolute Gasteiger partial charge is 0.333 e. The van der Waals surface area contributed by atoms with E-state index in [9.17, 15) is 9.90 Å². The van der Waals surface area contributed by atoms with Crippen molar-refractivity contribution in [2.75, 3.05) is 0 Å². The largest absolute Gasteiger partial charge is 0.429 e. The number of hydrogen-bond donors (Lipinski definition) is 1. The Balaban J connectivity index is 1.97. The molecule has 3 nitrogen and oxygen atoms in total. The van der Waals surface area contributed by atoms with E-state index in [0.29, 0.717) is 12.0 Å². The number of carbonyl (C=O) groups excluding carboxylic acids is 1. The Labute approximate surface area is 140 Å². The van der Waals surface area contributed by atoms with Crippen LogP contribution in [0.3, 0.4) is 0 Å². The highest BCUT2D eigenvalue weighted by Crippen LogP contribution is 2.19. The third-order valence-electron chi connectivity index (χ3n) is 3.70.